The van der Waals surface area contributed by atoms with E-state index >= 15 is 0 Å². The van der Waals surface area contributed by atoms with E-state index < -0.39 is 0 Å². The van der Waals surface area contributed by atoms with Crippen LogP contribution in [0.1, 0.15) is 32.8 Å². The van der Waals surface area contributed by atoms with Gasteiger partial charge >= 0.3 is 0 Å². The van der Waals surface area contributed by atoms with Gasteiger partial charge in [-0.05, 0) is 57.0 Å². The molecule has 20 heavy (non-hydrogen) atoms. The largest absolute Gasteiger partial charge is 0.462 e. The van der Waals surface area contributed by atoms with Crippen molar-refractivity contribution in [2.24, 2.45) is 0 Å². The Morgan fingerprint density at radius 2 is 1.90 bits per heavy atom. The summed E-state index contributed by atoms with van der Waals surface area (Å²) in [6.07, 6.45) is 3.20. The van der Waals surface area contributed by atoms with E-state index in [1.54, 1.807) is 0 Å². The molecule has 0 aromatic heterocycles. The second-order valence-corrected chi connectivity index (χ2v) is 5.52. The zero-order valence-corrected chi connectivity index (χ0v) is 12.3. The Labute approximate surface area is 119 Å². The van der Waals surface area contributed by atoms with Crippen LogP contribution in [0.25, 0.3) is 5.57 Å². The van der Waals surface area contributed by atoms with E-state index in [1.165, 1.54) is 17.7 Å². The van der Waals surface area contributed by atoms with Gasteiger partial charge in [0.15, 0.2) is 0 Å². The lowest BCUT2D eigenvalue weighted by Crippen LogP contribution is -2.19. The van der Waals surface area contributed by atoms with Crippen molar-refractivity contribution in [3.05, 3.63) is 41.7 Å². The summed E-state index contributed by atoms with van der Waals surface area (Å²) in [5, 5.41) is 3.25. The minimum absolute atomic E-state index is 0.168. The number of ether oxygens (including phenoxy) is 1. The second-order valence-electron chi connectivity index (χ2n) is 5.52. The highest BCUT2D eigenvalue weighted by atomic mass is 19.1. The maximum atomic E-state index is 12.6. The van der Waals surface area contributed by atoms with Crippen molar-refractivity contribution in [1.29, 1.82) is 0 Å². The molecule has 1 aliphatic heterocycles. The van der Waals surface area contributed by atoms with Crippen molar-refractivity contribution in [1.82, 2.24) is 5.32 Å². The fourth-order valence-corrected chi connectivity index (χ4v) is 1.69. The van der Waals surface area contributed by atoms with Crippen molar-refractivity contribution in [3.63, 3.8) is 0 Å². The lowest BCUT2D eigenvalue weighted by molar-refractivity contribution is -0.138. The molecule has 4 heteroatoms. The molecule has 0 unspecified atom stereocenters. The number of rotatable bonds is 2. The van der Waals surface area contributed by atoms with Gasteiger partial charge in [-0.25, -0.2) is 4.39 Å². The van der Waals surface area contributed by atoms with Crippen LogP contribution in [0.4, 0.5) is 4.39 Å². The molecule has 0 saturated carbocycles. The van der Waals surface area contributed by atoms with Gasteiger partial charge in [0.2, 0.25) is 0 Å². The van der Waals surface area contributed by atoms with E-state index in [2.05, 4.69) is 16.1 Å². The third-order valence-corrected chi connectivity index (χ3v) is 2.68. The first-order chi connectivity index (χ1) is 9.42. The minimum atomic E-state index is -0.318. The topological polar surface area (TPSA) is 38.3 Å². The van der Waals surface area contributed by atoms with Crippen LogP contribution in [0, 0.1) is 5.82 Å². The summed E-state index contributed by atoms with van der Waals surface area (Å²) in [5.74, 6) is -0.168. The number of nitrogens with one attached hydrogen (secondary N) is 1. The van der Waals surface area contributed by atoms with Gasteiger partial charge in [0.25, 0.3) is 6.47 Å². The molecule has 0 spiro atoms. The van der Waals surface area contributed by atoms with Gasteiger partial charge < -0.3 is 10.1 Å². The summed E-state index contributed by atoms with van der Waals surface area (Å²) in [5.41, 5.74) is 2.14. The SMILES string of the molecule is CC(C)(C)OC=O.Fc1ccc(C2=CCNCC2)cc1. The molecule has 2 rings (SSSR count). The number of carbonyl (C=O) groups is 1. The van der Waals surface area contributed by atoms with E-state index in [-0.39, 0.29) is 11.4 Å². The summed E-state index contributed by atoms with van der Waals surface area (Å²) in [6, 6.07) is 6.70. The zero-order valence-electron chi connectivity index (χ0n) is 12.3. The van der Waals surface area contributed by atoms with Crippen molar-refractivity contribution in [3.8, 4) is 0 Å². The third-order valence-electron chi connectivity index (χ3n) is 2.68. The standard InChI is InChI=1S/C11H12FN.C5H10O2/c12-11-3-1-9(2-4-11)10-5-7-13-8-6-10;1-5(2,3)7-4-6/h1-5,13H,6-8H2;4H,1-3H3. The lowest BCUT2D eigenvalue weighted by atomic mass is 10.0. The van der Waals surface area contributed by atoms with E-state index in [9.17, 15) is 9.18 Å². The maximum Gasteiger partial charge on any atom is 0.293 e. The molecule has 1 heterocycles. The van der Waals surface area contributed by atoms with Crippen molar-refractivity contribution in [2.75, 3.05) is 13.1 Å². The zero-order chi connectivity index (χ0) is 15.0. The highest BCUT2D eigenvalue weighted by Gasteiger charge is 2.07. The van der Waals surface area contributed by atoms with Crippen LogP contribution in [0.2, 0.25) is 0 Å². The Kier molecular flexibility index (Phi) is 6.39. The quantitative estimate of drug-likeness (QED) is 0.845. The Bertz CT molecular complexity index is 447. The molecule has 0 amide bonds. The third kappa shape index (κ3) is 6.48. The van der Waals surface area contributed by atoms with Gasteiger partial charge in [0, 0.05) is 6.54 Å². The monoisotopic (exact) mass is 279 g/mol. The summed E-state index contributed by atoms with van der Waals surface area (Å²) in [7, 11) is 0. The predicted octanol–water partition coefficient (Wildman–Crippen LogP) is 3.16. The van der Waals surface area contributed by atoms with Gasteiger partial charge in [-0.3, -0.25) is 4.79 Å². The summed E-state index contributed by atoms with van der Waals surface area (Å²) in [6.45, 7) is 7.86. The van der Waals surface area contributed by atoms with Crippen molar-refractivity contribution >= 4 is 12.0 Å². The van der Waals surface area contributed by atoms with Crippen molar-refractivity contribution < 1.29 is 13.9 Å². The molecule has 0 radical (unpaired) electrons. The molecule has 3 nitrogen and oxygen atoms in total. The molecule has 0 aliphatic carbocycles. The van der Waals surface area contributed by atoms with Crippen molar-refractivity contribution in [2.45, 2.75) is 32.8 Å². The summed E-state index contributed by atoms with van der Waals surface area (Å²) < 4.78 is 17.2. The van der Waals surface area contributed by atoms with E-state index in [0.29, 0.717) is 6.47 Å². The lowest BCUT2D eigenvalue weighted by Gasteiger charge is -2.14. The highest BCUT2D eigenvalue weighted by molar-refractivity contribution is 5.66. The molecular formula is C16H22FNO2. The molecule has 0 bridgehead atoms. The number of halogens is 1. The molecule has 0 atom stereocenters. The van der Waals surface area contributed by atoms with E-state index in [1.807, 2.05) is 32.9 Å². The van der Waals surface area contributed by atoms with Crippen LogP contribution >= 0.6 is 0 Å². The average Bonchev–Trinajstić information content (AvgIpc) is 2.40. The Morgan fingerprint density at radius 3 is 2.30 bits per heavy atom. The first-order valence-electron chi connectivity index (χ1n) is 6.69. The number of benzene rings is 1. The van der Waals surface area contributed by atoms with Crippen LogP contribution in [-0.4, -0.2) is 25.2 Å². The van der Waals surface area contributed by atoms with Gasteiger partial charge in [-0.2, -0.15) is 0 Å². The first-order valence-corrected chi connectivity index (χ1v) is 6.69. The molecule has 110 valence electrons. The normalized spacial score (nSPS) is 14.7. The number of hydrogen-bond donors (Lipinski definition) is 1. The van der Waals surface area contributed by atoms with E-state index in [4.69, 9.17) is 0 Å². The Balaban J connectivity index is 0.000000246. The van der Waals surface area contributed by atoms with Crippen LogP contribution in [0.5, 0.6) is 0 Å². The second kappa shape index (κ2) is 7.80. The first kappa shape index (κ1) is 16.4. The smallest absolute Gasteiger partial charge is 0.293 e. The number of hydrogen-bond acceptors (Lipinski definition) is 3. The molecule has 0 fully saturated rings. The molecular weight excluding hydrogens is 257 g/mol. The maximum absolute atomic E-state index is 12.6. The Morgan fingerprint density at radius 1 is 1.25 bits per heavy atom. The fraction of sp³-hybridized carbons (Fsp3) is 0.438. The number of carbonyl (C=O) groups excluding carboxylic acids is 1. The predicted molar refractivity (Wildman–Crippen MR) is 78.8 cm³/mol. The average molecular weight is 279 g/mol. The van der Waals surface area contributed by atoms with Crippen LogP contribution in [0.15, 0.2) is 30.3 Å². The van der Waals surface area contributed by atoms with E-state index in [0.717, 1.165) is 25.1 Å². The summed E-state index contributed by atoms with van der Waals surface area (Å²) in [4.78, 5) is 9.60. The molecule has 1 aromatic carbocycles. The fourth-order valence-electron chi connectivity index (χ4n) is 1.69. The molecule has 1 aromatic rings. The molecule has 0 saturated heterocycles. The van der Waals surface area contributed by atoms with Crippen LogP contribution in [-0.2, 0) is 9.53 Å². The molecule has 1 aliphatic rings. The van der Waals surface area contributed by atoms with Crippen LogP contribution < -0.4 is 5.32 Å². The van der Waals surface area contributed by atoms with Crippen LogP contribution in [0.3, 0.4) is 0 Å². The molecule has 1 N–H and O–H groups in total. The van der Waals surface area contributed by atoms with Gasteiger partial charge in [-0.1, -0.05) is 18.2 Å². The Hall–Kier alpha value is -1.68. The highest BCUT2D eigenvalue weighted by Crippen LogP contribution is 2.19. The van der Waals surface area contributed by atoms with Gasteiger partial charge in [0.05, 0.1) is 0 Å². The summed E-state index contributed by atoms with van der Waals surface area (Å²) >= 11 is 0. The minimum Gasteiger partial charge on any atom is -0.462 e. The van der Waals surface area contributed by atoms with Gasteiger partial charge in [-0.15, -0.1) is 0 Å². The van der Waals surface area contributed by atoms with Gasteiger partial charge in [0.1, 0.15) is 11.4 Å².